The molecule has 0 spiro atoms. The van der Waals surface area contributed by atoms with Gasteiger partial charge in [0.1, 0.15) is 0 Å². The number of rotatable bonds is 4. The molecule has 1 unspecified atom stereocenters. The first kappa shape index (κ1) is 14.0. The lowest BCUT2D eigenvalue weighted by Gasteiger charge is -2.26. The molecule has 106 valence electrons. The largest absolute Gasteiger partial charge is 0.309 e. The summed E-state index contributed by atoms with van der Waals surface area (Å²) >= 11 is 8.04. The van der Waals surface area contributed by atoms with E-state index >= 15 is 0 Å². The van der Waals surface area contributed by atoms with Gasteiger partial charge >= 0.3 is 0 Å². The highest BCUT2D eigenvalue weighted by atomic mass is 35.5. The number of aromatic nitrogens is 2. The molecule has 1 aromatic carbocycles. The van der Waals surface area contributed by atoms with Crippen LogP contribution in [0.1, 0.15) is 23.7 Å². The Hall–Kier alpha value is -0.970. The van der Waals surface area contributed by atoms with Crippen LogP contribution in [0.3, 0.4) is 0 Å². The molecule has 0 saturated carbocycles. The number of thioether (sulfide) groups is 1. The smallest absolute Gasteiger partial charge is 0.0637 e. The molecule has 0 aliphatic carbocycles. The Labute approximate surface area is 128 Å². The predicted octanol–water partition coefficient (Wildman–Crippen LogP) is 3.44. The van der Waals surface area contributed by atoms with Crippen LogP contribution < -0.4 is 5.32 Å². The second-order valence-corrected chi connectivity index (χ2v) is 6.63. The van der Waals surface area contributed by atoms with Crippen molar-refractivity contribution in [2.75, 3.05) is 12.3 Å². The highest BCUT2D eigenvalue weighted by molar-refractivity contribution is 7.99. The van der Waals surface area contributed by atoms with Gasteiger partial charge in [0.25, 0.3) is 0 Å². The molecule has 2 aromatic rings. The van der Waals surface area contributed by atoms with E-state index in [1.165, 1.54) is 10.5 Å². The number of nitrogens with zero attached hydrogens (tertiary/aromatic N) is 2. The zero-order chi connectivity index (χ0) is 13.9. The fourth-order valence-corrected chi connectivity index (χ4v) is 3.83. The Morgan fingerprint density at radius 3 is 3.15 bits per heavy atom. The Morgan fingerprint density at radius 2 is 2.35 bits per heavy atom. The average molecular weight is 308 g/mol. The Bertz CT molecular complexity index is 597. The van der Waals surface area contributed by atoms with Gasteiger partial charge in [-0.25, -0.2) is 0 Å². The van der Waals surface area contributed by atoms with Crippen LogP contribution in [0.5, 0.6) is 0 Å². The van der Waals surface area contributed by atoms with E-state index in [1.807, 2.05) is 35.8 Å². The van der Waals surface area contributed by atoms with Gasteiger partial charge in [0.05, 0.1) is 5.69 Å². The standard InChI is InChI=1S/C15H18ClN3S/c1-19-8-5-12(18-19)4-7-17-14-6-9-20-15-3-2-11(16)10-13(14)15/h2-3,5,8,10,14,17H,4,6-7,9H2,1H3. The molecule has 0 bridgehead atoms. The average Bonchev–Trinajstić information content (AvgIpc) is 2.85. The third kappa shape index (κ3) is 3.19. The molecule has 3 rings (SSSR count). The van der Waals surface area contributed by atoms with Gasteiger partial charge in [-0.1, -0.05) is 11.6 Å². The highest BCUT2D eigenvalue weighted by Gasteiger charge is 2.20. The van der Waals surface area contributed by atoms with Crippen LogP contribution in [0, 0.1) is 0 Å². The Kier molecular flexibility index (Phi) is 4.34. The molecule has 1 N–H and O–H groups in total. The van der Waals surface area contributed by atoms with E-state index < -0.39 is 0 Å². The Morgan fingerprint density at radius 1 is 1.45 bits per heavy atom. The number of hydrogen-bond acceptors (Lipinski definition) is 3. The first-order valence-corrected chi connectivity index (χ1v) is 8.23. The van der Waals surface area contributed by atoms with E-state index in [0.29, 0.717) is 6.04 Å². The Balaban J connectivity index is 1.63. The summed E-state index contributed by atoms with van der Waals surface area (Å²) in [5.74, 6) is 1.16. The molecule has 0 amide bonds. The minimum Gasteiger partial charge on any atom is -0.309 e. The number of aryl methyl sites for hydroxylation is 1. The number of hydrogen-bond donors (Lipinski definition) is 1. The molecule has 1 atom stereocenters. The summed E-state index contributed by atoms with van der Waals surface area (Å²) in [6.45, 7) is 0.943. The minimum absolute atomic E-state index is 0.411. The molecular formula is C15H18ClN3S. The van der Waals surface area contributed by atoms with Crippen molar-refractivity contribution >= 4 is 23.4 Å². The summed E-state index contributed by atoms with van der Waals surface area (Å²) in [6, 6.07) is 8.69. The van der Waals surface area contributed by atoms with Crippen molar-refractivity contribution in [2.24, 2.45) is 7.05 Å². The van der Waals surface area contributed by atoms with E-state index in [9.17, 15) is 0 Å². The lowest BCUT2D eigenvalue weighted by Crippen LogP contribution is -2.26. The maximum atomic E-state index is 6.12. The molecule has 1 aromatic heterocycles. The second kappa shape index (κ2) is 6.20. The number of halogens is 1. The first-order valence-electron chi connectivity index (χ1n) is 6.86. The van der Waals surface area contributed by atoms with Crippen molar-refractivity contribution in [3.8, 4) is 0 Å². The van der Waals surface area contributed by atoms with Gasteiger partial charge in [0.15, 0.2) is 0 Å². The lowest BCUT2D eigenvalue weighted by atomic mass is 10.0. The SMILES string of the molecule is Cn1ccc(CCNC2CCSc3ccc(Cl)cc32)n1. The summed E-state index contributed by atoms with van der Waals surface area (Å²) in [6.07, 6.45) is 4.10. The monoisotopic (exact) mass is 307 g/mol. The molecule has 2 heterocycles. The molecule has 5 heteroatoms. The van der Waals surface area contributed by atoms with E-state index in [-0.39, 0.29) is 0 Å². The highest BCUT2D eigenvalue weighted by Crippen LogP contribution is 2.37. The van der Waals surface area contributed by atoms with Gasteiger partial charge in [0.2, 0.25) is 0 Å². The van der Waals surface area contributed by atoms with Gasteiger partial charge in [0, 0.05) is 42.2 Å². The summed E-state index contributed by atoms with van der Waals surface area (Å²) in [7, 11) is 1.95. The van der Waals surface area contributed by atoms with Gasteiger partial charge in [-0.3, -0.25) is 4.68 Å². The van der Waals surface area contributed by atoms with Crippen molar-refractivity contribution < 1.29 is 0 Å². The summed E-state index contributed by atoms with van der Waals surface area (Å²) in [5, 5.41) is 8.87. The van der Waals surface area contributed by atoms with E-state index in [0.717, 1.165) is 35.9 Å². The van der Waals surface area contributed by atoms with Crippen molar-refractivity contribution in [1.82, 2.24) is 15.1 Å². The molecular weight excluding hydrogens is 290 g/mol. The third-order valence-corrected chi connectivity index (χ3v) is 4.91. The lowest BCUT2D eigenvalue weighted by molar-refractivity contribution is 0.511. The van der Waals surface area contributed by atoms with E-state index in [4.69, 9.17) is 11.6 Å². The van der Waals surface area contributed by atoms with E-state index in [1.54, 1.807) is 0 Å². The summed E-state index contributed by atoms with van der Waals surface area (Å²) < 4.78 is 1.85. The topological polar surface area (TPSA) is 29.9 Å². The minimum atomic E-state index is 0.411. The zero-order valence-corrected chi connectivity index (χ0v) is 13.0. The fraction of sp³-hybridized carbons (Fsp3) is 0.400. The van der Waals surface area contributed by atoms with Crippen LogP contribution in [0.4, 0.5) is 0 Å². The molecule has 0 saturated heterocycles. The predicted molar refractivity (Wildman–Crippen MR) is 84.4 cm³/mol. The number of fused-ring (bicyclic) bond motifs is 1. The van der Waals surface area contributed by atoms with Crippen LogP contribution in [-0.4, -0.2) is 22.1 Å². The number of nitrogens with one attached hydrogen (secondary N) is 1. The quantitative estimate of drug-likeness (QED) is 0.938. The van der Waals surface area contributed by atoms with Gasteiger partial charge in [-0.15, -0.1) is 11.8 Å². The van der Waals surface area contributed by atoms with Gasteiger partial charge in [-0.2, -0.15) is 5.10 Å². The summed E-state index contributed by atoms with van der Waals surface area (Å²) in [4.78, 5) is 1.36. The van der Waals surface area contributed by atoms with Gasteiger partial charge in [-0.05, 0) is 42.0 Å². The van der Waals surface area contributed by atoms with Crippen LogP contribution >= 0.6 is 23.4 Å². The molecule has 20 heavy (non-hydrogen) atoms. The van der Waals surface area contributed by atoms with Gasteiger partial charge < -0.3 is 5.32 Å². The van der Waals surface area contributed by atoms with Crippen molar-refractivity contribution in [3.05, 3.63) is 46.7 Å². The van der Waals surface area contributed by atoms with Crippen LogP contribution in [0.15, 0.2) is 35.4 Å². The maximum Gasteiger partial charge on any atom is 0.0637 e. The zero-order valence-electron chi connectivity index (χ0n) is 11.5. The maximum absolute atomic E-state index is 6.12. The van der Waals surface area contributed by atoms with Crippen LogP contribution in [0.25, 0.3) is 0 Å². The van der Waals surface area contributed by atoms with Crippen LogP contribution in [-0.2, 0) is 13.5 Å². The van der Waals surface area contributed by atoms with Crippen molar-refractivity contribution in [2.45, 2.75) is 23.8 Å². The molecule has 0 radical (unpaired) electrons. The number of benzene rings is 1. The van der Waals surface area contributed by atoms with Crippen molar-refractivity contribution in [3.63, 3.8) is 0 Å². The normalized spacial score (nSPS) is 18.0. The molecule has 0 fully saturated rings. The second-order valence-electron chi connectivity index (χ2n) is 5.06. The van der Waals surface area contributed by atoms with Crippen molar-refractivity contribution in [1.29, 1.82) is 0 Å². The third-order valence-electron chi connectivity index (χ3n) is 3.55. The van der Waals surface area contributed by atoms with E-state index in [2.05, 4.69) is 28.6 Å². The first-order chi connectivity index (χ1) is 9.72. The fourth-order valence-electron chi connectivity index (χ4n) is 2.55. The summed E-state index contributed by atoms with van der Waals surface area (Å²) in [5.41, 5.74) is 2.48. The molecule has 3 nitrogen and oxygen atoms in total. The molecule has 1 aliphatic heterocycles. The molecule has 1 aliphatic rings. The van der Waals surface area contributed by atoms with Crippen LogP contribution in [0.2, 0.25) is 5.02 Å².